The van der Waals surface area contributed by atoms with Crippen LogP contribution in [0.4, 0.5) is 0 Å². The molecule has 0 saturated carbocycles. The summed E-state index contributed by atoms with van der Waals surface area (Å²) in [6.07, 6.45) is 7.77. The first-order valence-electron chi connectivity index (χ1n) is 10.6. The highest BCUT2D eigenvalue weighted by atomic mass is 32.2. The number of rotatable bonds is 6. The first-order valence-corrected chi connectivity index (χ1v) is 13.8. The highest BCUT2D eigenvalue weighted by molar-refractivity contribution is 8.00. The van der Waals surface area contributed by atoms with Gasteiger partial charge in [0.25, 0.3) is 0 Å². The second-order valence-corrected chi connectivity index (χ2v) is 11.9. The van der Waals surface area contributed by atoms with E-state index in [1.54, 1.807) is 46.2 Å². The van der Waals surface area contributed by atoms with Crippen molar-refractivity contribution in [1.29, 1.82) is 0 Å². The standard InChI is InChI=1S/C22H23N3O3S3/c26-18(13-29-21-20-17-5-4-6-19(17)30-22(20)24-14-23-21)15-7-9-16(10-8-15)31(27,28)25-11-2-1-3-12-25/h7-10,14H,1-6,11-13H2. The lowest BCUT2D eigenvalue weighted by atomic mass is 10.1. The largest absolute Gasteiger partial charge is 0.293 e. The Morgan fingerprint density at radius 2 is 1.81 bits per heavy atom. The van der Waals surface area contributed by atoms with Crippen molar-refractivity contribution in [3.05, 3.63) is 46.6 Å². The van der Waals surface area contributed by atoms with Gasteiger partial charge in [0.1, 0.15) is 16.2 Å². The minimum absolute atomic E-state index is 0.0365. The summed E-state index contributed by atoms with van der Waals surface area (Å²) < 4.78 is 27.1. The number of thioether (sulfide) groups is 1. The molecule has 1 saturated heterocycles. The van der Waals surface area contributed by atoms with Crippen molar-refractivity contribution in [2.75, 3.05) is 18.8 Å². The van der Waals surface area contributed by atoms with Crippen molar-refractivity contribution < 1.29 is 13.2 Å². The number of benzene rings is 1. The Kier molecular flexibility index (Phi) is 5.85. The summed E-state index contributed by atoms with van der Waals surface area (Å²) in [7, 11) is -3.48. The number of carbonyl (C=O) groups is 1. The fourth-order valence-corrected chi connectivity index (χ4v) is 8.02. The number of piperidine rings is 1. The van der Waals surface area contributed by atoms with Gasteiger partial charge in [0.05, 0.1) is 10.6 Å². The number of thiophene rings is 1. The van der Waals surface area contributed by atoms with Gasteiger partial charge in [-0.25, -0.2) is 18.4 Å². The van der Waals surface area contributed by atoms with E-state index in [-0.39, 0.29) is 16.4 Å². The Labute approximate surface area is 190 Å². The van der Waals surface area contributed by atoms with E-state index in [0.717, 1.165) is 47.3 Å². The summed E-state index contributed by atoms with van der Waals surface area (Å²) in [6.45, 7) is 1.14. The summed E-state index contributed by atoms with van der Waals surface area (Å²) in [4.78, 5) is 24.3. The van der Waals surface area contributed by atoms with Crippen molar-refractivity contribution in [3.63, 3.8) is 0 Å². The Morgan fingerprint density at radius 1 is 1.03 bits per heavy atom. The smallest absolute Gasteiger partial charge is 0.243 e. The highest BCUT2D eigenvalue weighted by Crippen LogP contribution is 2.40. The molecule has 1 aliphatic carbocycles. The molecule has 3 heterocycles. The van der Waals surface area contributed by atoms with E-state index in [9.17, 15) is 13.2 Å². The number of aromatic nitrogens is 2. The van der Waals surface area contributed by atoms with Gasteiger partial charge in [0, 0.05) is 28.9 Å². The van der Waals surface area contributed by atoms with Gasteiger partial charge in [-0.2, -0.15) is 4.31 Å². The molecule has 9 heteroatoms. The number of hydrogen-bond donors (Lipinski definition) is 0. The zero-order chi connectivity index (χ0) is 21.4. The Bertz CT molecular complexity index is 1230. The zero-order valence-corrected chi connectivity index (χ0v) is 19.5. The van der Waals surface area contributed by atoms with Gasteiger partial charge >= 0.3 is 0 Å². The second kappa shape index (κ2) is 8.61. The van der Waals surface area contributed by atoms with Gasteiger partial charge in [-0.1, -0.05) is 30.3 Å². The van der Waals surface area contributed by atoms with Crippen LogP contribution >= 0.6 is 23.1 Å². The molecular weight excluding hydrogens is 450 g/mol. The van der Waals surface area contributed by atoms with Crippen LogP contribution in [-0.4, -0.2) is 47.3 Å². The molecule has 1 fully saturated rings. The summed E-state index contributed by atoms with van der Waals surface area (Å²) in [5, 5.41) is 1.97. The van der Waals surface area contributed by atoms with Gasteiger partial charge in [-0.05, 0) is 49.8 Å². The Balaban J connectivity index is 1.30. The minimum Gasteiger partial charge on any atom is -0.293 e. The van der Waals surface area contributed by atoms with Crippen molar-refractivity contribution in [1.82, 2.24) is 14.3 Å². The Morgan fingerprint density at radius 3 is 2.58 bits per heavy atom. The van der Waals surface area contributed by atoms with Crippen LogP contribution in [0.3, 0.4) is 0 Å². The lowest BCUT2D eigenvalue weighted by Crippen LogP contribution is -2.35. The molecular formula is C22H23N3O3S3. The van der Waals surface area contributed by atoms with Gasteiger partial charge < -0.3 is 0 Å². The van der Waals surface area contributed by atoms with Gasteiger partial charge in [0.2, 0.25) is 10.0 Å². The van der Waals surface area contributed by atoms with Crippen LogP contribution in [0.25, 0.3) is 10.2 Å². The summed E-state index contributed by atoms with van der Waals surface area (Å²) >= 11 is 3.17. The van der Waals surface area contributed by atoms with Crippen molar-refractivity contribution in [3.8, 4) is 0 Å². The van der Waals surface area contributed by atoms with E-state index in [4.69, 9.17) is 0 Å². The first kappa shape index (κ1) is 21.1. The van der Waals surface area contributed by atoms with Crippen LogP contribution in [0.5, 0.6) is 0 Å². The number of ketones is 1. The van der Waals surface area contributed by atoms with E-state index >= 15 is 0 Å². The molecule has 1 aliphatic heterocycles. The second-order valence-electron chi connectivity index (χ2n) is 7.92. The lowest BCUT2D eigenvalue weighted by Gasteiger charge is -2.25. The number of Topliss-reactive ketones (excluding diaryl/α,β-unsaturated/α-hetero) is 1. The van der Waals surface area contributed by atoms with Gasteiger partial charge in [-0.15, -0.1) is 11.3 Å². The number of nitrogens with zero attached hydrogens (tertiary/aromatic N) is 3. The fourth-order valence-electron chi connectivity index (χ4n) is 4.29. The van der Waals surface area contributed by atoms with E-state index in [2.05, 4.69) is 9.97 Å². The SMILES string of the molecule is O=C(CSc1ncnc2sc3c(c12)CCC3)c1ccc(S(=O)(=O)N2CCCCC2)cc1. The van der Waals surface area contributed by atoms with Gasteiger partial charge in [-0.3, -0.25) is 4.79 Å². The number of carbonyl (C=O) groups excluding carboxylic acids is 1. The molecule has 5 rings (SSSR count). The molecule has 2 aromatic heterocycles. The molecule has 1 aromatic carbocycles. The van der Waals surface area contributed by atoms with Crippen molar-refractivity contribution in [2.24, 2.45) is 0 Å². The van der Waals surface area contributed by atoms with Crippen LogP contribution in [0, 0.1) is 0 Å². The molecule has 6 nitrogen and oxygen atoms in total. The average Bonchev–Trinajstić information content (AvgIpc) is 3.39. The summed E-state index contributed by atoms with van der Waals surface area (Å²) in [6, 6.07) is 6.35. The molecule has 3 aromatic rings. The minimum atomic E-state index is -3.48. The molecule has 2 aliphatic rings. The van der Waals surface area contributed by atoms with Crippen molar-refractivity contribution in [2.45, 2.75) is 48.4 Å². The van der Waals surface area contributed by atoms with Crippen LogP contribution in [-0.2, 0) is 22.9 Å². The van der Waals surface area contributed by atoms with Gasteiger partial charge in [0.15, 0.2) is 5.78 Å². The van der Waals surface area contributed by atoms with E-state index in [1.807, 2.05) is 0 Å². The summed E-state index contributed by atoms with van der Waals surface area (Å²) in [5.41, 5.74) is 1.87. The number of fused-ring (bicyclic) bond motifs is 3. The topological polar surface area (TPSA) is 80.2 Å². The van der Waals surface area contributed by atoms with Crippen LogP contribution < -0.4 is 0 Å². The molecule has 0 N–H and O–H groups in total. The monoisotopic (exact) mass is 473 g/mol. The highest BCUT2D eigenvalue weighted by Gasteiger charge is 2.26. The maximum Gasteiger partial charge on any atom is 0.243 e. The maximum absolute atomic E-state index is 12.8. The third-order valence-electron chi connectivity index (χ3n) is 5.94. The summed E-state index contributed by atoms with van der Waals surface area (Å²) in [5.74, 6) is 0.222. The first-order chi connectivity index (χ1) is 15.0. The predicted molar refractivity (Wildman–Crippen MR) is 124 cm³/mol. The van der Waals surface area contributed by atoms with Crippen LogP contribution in [0.15, 0.2) is 40.5 Å². The van der Waals surface area contributed by atoms with Crippen LogP contribution in [0.2, 0.25) is 0 Å². The van der Waals surface area contributed by atoms with E-state index in [0.29, 0.717) is 18.7 Å². The maximum atomic E-state index is 12.8. The normalized spacial score (nSPS) is 17.2. The zero-order valence-electron chi connectivity index (χ0n) is 17.0. The number of hydrogen-bond acceptors (Lipinski definition) is 7. The molecule has 31 heavy (non-hydrogen) atoms. The van der Waals surface area contributed by atoms with Crippen molar-refractivity contribution >= 4 is 49.1 Å². The Hall–Kier alpha value is -1.81. The fraction of sp³-hybridized carbons (Fsp3) is 0.409. The third kappa shape index (κ3) is 4.04. The third-order valence-corrected chi connectivity index (χ3v) is 10.0. The molecule has 162 valence electrons. The molecule has 0 bridgehead atoms. The molecule has 0 spiro atoms. The predicted octanol–water partition coefficient (Wildman–Crippen LogP) is 4.33. The quantitative estimate of drug-likeness (QED) is 0.301. The molecule has 0 amide bonds. The molecule has 0 atom stereocenters. The van der Waals surface area contributed by atoms with E-state index < -0.39 is 10.0 Å². The lowest BCUT2D eigenvalue weighted by molar-refractivity contribution is 0.102. The average molecular weight is 474 g/mol. The molecule has 0 radical (unpaired) electrons. The number of aryl methyl sites for hydroxylation is 2. The van der Waals surface area contributed by atoms with E-state index in [1.165, 1.54) is 28.6 Å². The molecule has 0 unspecified atom stereocenters. The number of sulfonamides is 1. The van der Waals surface area contributed by atoms with Crippen LogP contribution in [0.1, 0.15) is 46.5 Å².